The second-order valence-electron chi connectivity index (χ2n) is 3.98. The molecule has 2 heterocycles. The fourth-order valence-electron chi connectivity index (χ4n) is 1.91. The van der Waals surface area contributed by atoms with E-state index in [9.17, 15) is 4.79 Å². The molecule has 5 heteroatoms. The topological polar surface area (TPSA) is 49.6 Å². The lowest BCUT2D eigenvalue weighted by Crippen LogP contribution is -2.48. The maximum Gasteiger partial charge on any atom is 0.228 e. The molecule has 1 aromatic rings. The maximum atomic E-state index is 11.9. The molecule has 0 spiro atoms. The van der Waals surface area contributed by atoms with E-state index in [4.69, 9.17) is 4.52 Å². The molecule has 1 saturated heterocycles. The highest BCUT2D eigenvalue weighted by molar-refractivity contribution is 5.78. The van der Waals surface area contributed by atoms with Crippen LogP contribution in [0, 0.1) is 0 Å². The maximum absolute atomic E-state index is 11.9. The Morgan fingerprint density at radius 2 is 2.19 bits per heavy atom. The zero-order valence-corrected chi connectivity index (χ0v) is 9.56. The van der Waals surface area contributed by atoms with Crippen molar-refractivity contribution in [2.75, 3.05) is 32.7 Å². The molecule has 1 aromatic heterocycles. The van der Waals surface area contributed by atoms with Crippen LogP contribution in [0.5, 0.6) is 0 Å². The third kappa shape index (κ3) is 2.61. The number of likely N-dealkylation sites (N-methyl/N-ethyl adjacent to an activating group) is 1. The molecule has 0 N–H and O–H groups in total. The molecular weight excluding hydrogens is 206 g/mol. The van der Waals surface area contributed by atoms with Gasteiger partial charge in [-0.3, -0.25) is 4.79 Å². The van der Waals surface area contributed by atoms with E-state index in [0.29, 0.717) is 12.1 Å². The van der Waals surface area contributed by atoms with Crippen molar-refractivity contribution in [2.24, 2.45) is 0 Å². The number of carbonyl (C=O) groups is 1. The standard InChI is InChI=1S/C11H17N3O2/c1-2-13-4-6-14(7-5-13)11(15)9-10-3-8-16-12-10/h3,8H,2,4-7,9H2,1H3. The normalized spacial score (nSPS) is 17.7. The summed E-state index contributed by atoms with van der Waals surface area (Å²) in [6.45, 7) is 6.80. The van der Waals surface area contributed by atoms with Crippen LogP contribution in [-0.4, -0.2) is 53.6 Å². The second kappa shape index (κ2) is 5.12. The highest BCUT2D eigenvalue weighted by Crippen LogP contribution is 2.05. The summed E-state index contributed by atoms with van der Waals surface area (Å²) in [5, 5.41) is 3.75. The number of carbonyl (C=O) groups excluding carboxylic acids is 1. The lowest BCUT2D eigenvalue weighted by atomic mass is 10.2. The largest absolute Gasteiger partial charge is 0.364 e. The average molecular weight is 223 g/mol. The molecule has 2 rings (SSSR count). The molecule has 0 radical (unpaired) electrons. The van der Waals surface area contributed by atoms with Crippen molar-refractivity contribution in [2.45, 2.75) is 13.3 Å². The van der Waals surface area contributed by atoms with Crippen molar-refractivity contribution in [1.29, 1.82) is 0 Å². The Bertz CT molecular complexity index is 329. The molecule has 0 atom stereocenters. The number of nitrogens with zero attached hydrogens (tertiary/aromatic N) is 3. The van der Waals surface area contributed by atoms with Crippen LogP contribution in [0.1, 0.15) is 12.6 Å². The molecule has 1 amide bonds. The third-order valence-corrected chi connectivity index (χ3v) is 3.00. The SMILES string of the molecule is CCN1CCN(C(=O)Cc2ccon2)CC1. The van der Waals surface area contributed by atoms with Gasteiger partial charge in [-0.05, 0) is 6.54 Å². The van der Waals surface area contributed by atoms with Gasteiger partial charge in [-0.2, -0.15) is 0 Å². The van der Waals surface area contributed by atoms with Crippen LogP contribution >= 0.6 is 0 Å². The first kappa shape index (κ1) is 11.1. The summed E-state index contributed by atoms with van der Waals surface area (Å²) in [4.78, 5) is 16.1. The number of hydrogen-bond acceptors (Lipinski definition) is 4. The lowest BCUT2D eigenvalue weighted by molar-refractivity contribution is -0.132. The van der Waals surface area contributed by atoms with Crippen molar-refractivity contribution in [3.63, 3.8) is 0 Å². The Morgan fingerprint density at radius 1 is 1.44 bits per heavy atom. The predicted molar refractivity (Wildman–Crippen MR) is 58.9 cm³/mol. The van der Waals surface area contributed by atoms with Crippen LogP contribution < -0.4 is 0 Å². The van der Waals surface area contributed by atoms with E-state index in [-0.39, 0.29) is 5.91 Å². The summed E-state index contributed by atoms with van der Waals surface area (Å²) in [6, 6.07) is 1.74. The van der Waals surface area contributed by atoms with Crippen molar-refractivity contribution in [3.05, 3.63) is 18.0 Å². The molecule has 0 bridgehead atoms. The van der Waals surface area contributed by atoms with Crippen molar-refractivity contribution < 1.29 is 9.32 Å². The number of aromatic nitrogens is 1. The minimum atomic E-state index is 0.143. The minimum absolute atomic E-state index is 0.143. The zero-order chi connectivity index (χ0) is 11.4. The van der Waals surface area contributed by atoms with Gasteiger partial charge in [-0.1, -0.05) is 12.1 Å². The Morgan fingerprint density at radius 3 is 2.75 bits per heavy atom. The fraction of sp³-hybridized carbons (Fsp3) is 0.636. The van der Waals surface area contributed by atoms with Crippen LogP contribution in [0.4, 0.5) is 0 Å². The van der Waals surface area contributed by atoms with Gasteiger partial charge in [0.15, 0.2) is 0 Å². The van der Waals surface area contributed by atoms with Crippen LogP contribution in [0.25, 0.3) is 0 Å². The molecular formula is C11H17N3O2. The molecule has 1 fully saturated rings. The Kier molecular flexibility index (Phi) is 3.56. The van der Waals surface area contributed by atoms with Crippen LogP contribution in [0.2, 0.25) is 0 Å². The molecule has 1 aliphatic rings. The lowest BCUT2D eigenvalue weighted by Gasteiger charge is -2.33. The van der Waals surface area contributed by atoms with Gasteiger partial charge in [0.05, 0.1) is 12.1 Å². The summed E-state index contributed by atoms with van der Waals surface area (Å²) in [6.07, 6.45) is 1.85. The Labute approximate surface area is 95.0 Å². The van der Waals surface area contributed by atoms with Gasteiger partial charge in [0.1, 0.15) is 6.26 Å². The van der Waals surface area contributed by atoms with E-state index in [1.807, 2.05) is 4.90 Å². The summed E-state index contributed by atoms with van der Waals surface area (Å²) >= 11 is 0. The number of piperazine rings is 1. The third-order valence-electron chi connectivity index (χ3n) is 3.00. The van der Waals surface area contributed by atoms with Crippen molar-refractivity contribution in [3.8, 4) is 0 Å². The molecule has 1 aliphatic heterocycles. The van der Waals surface area contributed by atoms with Gasteiger partial charge < -0.3 is 14.3 Å². The highest BCUT2D eigenvalue weighted by atomic mass is 16.5. The molecule has 0 saturated carbocycles. The number of hydrogen-bond donors (Lipinski definition) is 0. The van der Waals surface area contributed by atoms with Crippen molar-refractivity contribution >= 4 is 5.91 Å². The van der Waals surface area contributed by atoms with E-state index in [0.717, 1.165) is 32.7 Å². The first-order chi connectivity index (χ1) is 7.79. The van der Waals surface area contributed by atoms with Crippen molar-refractivity contribution in [1.82, 2.24) is 15.0 Å². The van der Waals surface area contributed by atoms with Gasteiger partial charge in [-0.15, -0.1) is 0 Å². The quantitative estimate of drug-likeness (QED) is 0.743. The molecule has 16 heavy (non-hydrogen) atoms. The minimum Gasteiger partial charge on any atom is -0.364 e. The monoisotopic (exact) mass is 223 g/mol. The Hall–Kier alpha value is -1.36. The first-order valence-corrected chi connectivity index (χ1v) is 5.69. The second-order valence-corrected chi connectivity index (χ2v) is 3.98. The molecule has 5 nitrogen and oxygen atoms in total. The molecule has 0 unspecified atom stereocenters. The van der Waals surface area contributed by atoms with E-state index in [2.05, 4.69) is 17.0 Å². The van der Waals surface area contributed by atoms with E-state index in [1.54, 1.807) is 6.07 Å². The summed E-state index contributed by atoms with van der Waals surface area (Å²) < 4.78 is 4.71. The molecule has 0 aliphatic carbocycles. The molecule has 88 valence electrons. The summed E-state index contributed by atoms with van der Waals surface area (Å²) in [7, 11) is 0. The van der Waals surface area contributed by atoms with Gasteiger partial charge >= 0.3 is 0 Å². The fourth-order valence-corrected chi connectivity index (χ4v) is 1.91. The zero-order valence-electron chi connectivity index (χ0n) is 9.56. The summed E-state index contributed by atoms with van der Waals surface area (Å²) in [5.74, 6) is 0.143. The van der Waals surface area contributed by atoms with Crippen LogP contribution in [0.15, 0.2) is 16.9 Å². The van der Waals surface area contributed by atoms with Crippen LogP contribution in [0.3, 0.4) is 0 Å². The predicted octanol–water partition coefficient (Wildman–Crippen LogP) is 0.381. The van der Waals surface area contributed by atoms with Gasteiger partial charge in [0, 0.05) is 32.2 Å². The number of rotatable bonds is 3. The van der Waals surface area contributed by atoms with E-state index in [1.165, 1.54) is 6.26 Å². The van der Waals surface area contributed by atoms with E-state index < -0.39 is 0 Å². The first-order valence-electron chi connectivity index (χ1n) is 5.69. The molecule has 0 aromatic carbocycles. The van der Waals surface area contributed by atoms with E-state index >= 15 is 0 Å². The van der Waals surface area contributed by atoms with Gasteiger partial charge in [-0.25, -0.2) is 0 Å². The summed E-state index contributed by atoms with van der Waals surface area (Å²) in [5.41, 5.74) is 0.711. The van der Waals surface area contributed by atoms with Crippen LogP contribution in [-0.2, 0) is 11.2 Å². The highest BCUT2D eigenvalue weighted by Gasteiger charge is 2.20. The smallest absolute Gasteiger partial charge is 0.228 e. The number of amides is 1. The van der Waals surface area contributed by atoms with Gasteiger partial charge in [0.25, 0.3) is 0 Å². The van der Waals surface area contributed by atoms with Gasteiger partial charge in [0.2, 0.25) is 5.91 Å². The average Bonchev–Trinajstić information content (AvgIpc) is 2.82. The Balaban J connectivity index is 1.82.